The van der Waals surface area contributed by atoms with Crippen molar-refractivity contribution in [3.8, 4) is 11.4 Å². The van der Waals surface area contributed by atoms with Gasteiger partial charge in [-0.1, -0.05) is 30.7 Å². The van der Waals surface area contributed by atoms with E-state index in [0.29, 0.717) is 36.4 Å². The number of halogens is 2. The Labute approximate surface area is 227 Å². The number of rotatable bonds is 8. The predicted octanol–water partition coefficient (Wildman–Crippen LogP) is 6.44. The van der Waals surface area contributed by atoms with Crippen LogP contribution in [0, 0.1) is 26.7 Å². The molecule has 4 rings (SSSR count). The van der Waals surface area contributed by atoms with Gasteiger partial charge in [0.1, 0.15) is 17.5 Å². The average molecular weight is 542 g/mol. The number of phenols is 1. The first-order valence-electron chi connectivity index (χ1n) is 13.4. The summed E-state index contributed by atoms with van der Waals surface area (Å²) in [6.45, 7) is 8.35. The third-order valence-corrected chi connectivity index (χ3v) is 7.76. The van der Waals surface area contributed by atoms with E-state index in [4.69, 9.17) is 4.74 Å². The van der Waals surface area contributed by atoms with Crippen LogP contribution < -0.4 is 10.9 Å². The zero-order chi connectivity index (χ0) is 28.5. The lowest BCUT2D eigenvalue weighted by atomic mass is 9.77. The summed E-state index contributed by atoms with van der Waals surface area (Å²) in [4.78, 5) is 25.7. The van der Waals surface area contributed by atoms with Crippen LogP contribution in [0.5, 0.6) is 5.75 Å². The number of aromatic amines is 1. The number of aromatic hydroxyl groups is 1. The minimum absolute atomic E-state index is 0.00371. The van der Waals surface area contributed by atoms with Crippen LogP contribution in [0.2, 0.25) is 0 Å². The number of carbonyl (C=O) groups is 1. The molecule has 0 saturated heterocycles. The first kappa shape index (κ1) is 28.4. The largest absolute Gasteiger partial charge is 0.507 e. The zero-order valence-corrected chi connectivity index (χ0v) is 23.1. The van der Waals surface area contributed by atoms with Gasteiger partial charge in [-0.05, 0) is 81.7 Å². The third kappa shape index (κ3) is 5.87. The van der Waals surface area contributed by atoms with E-state index in [2.05, 4.69) is 10.4 Å². The number of phenolic OH excluding ortho intramolecular Hbond substituents is 1. The predicted molar refractivity (Wildman–Crippen MR) is 147 cm³/mol. The minimum Gasteiger partial charge on any atom is -0.507 e. The number of nitrogens with zero attached hydrogens (tertiary/aromatic N) is 1. The second-order valence-corrected chi connectivity index (χ2v) is 10.7. The molecule has 1 heterocycles. The fraction of sp³-hybridized carbons (Fsp3) is 0.467. The van der Waals surface area contributed by atoms with Gasteiger partial charge in [0.2, 0.25) is 0 Å². The van der Waals surface area contributed by atoms with E-state index in [9.17, 15) is 14.7 Å². The number of nitrogens with one attached hydrogen (secondary N) is 2. The molecule has 7 nitrogen and oxygen atoms in total. The van der Waals surface area contributed by atoms with E-state index in [1.54, 1.807) is 32.0 Å². The number of para-hydroxylation sites is 1. The van der Waals surface area contributed by atoms with Crippen molar-refractivity contribution < 1.29 is 23.4 Å². The van der Waals surface area contributed by atoms with Crippen molar-refractivity contribution in [1.29, 1.82) is 0 Å². The molecule has 0 bridgehead atoms. The summed E-state index contributed by atoms with van der Waals surface area (Å²) < 4.78 is 36.7. The number of ether oxygens (including phenoxy) is 1. The lowest BCUT2D eigenvalue weighted by Crippen LogP contribution is -2.32. The topological polar surface area (TPSA) is 96.4 Å². The van der Waals surface area contributed by atoms with Crippen LogP contribution >= 0.6 is 0 Å². The van der Waals surface area contributed by atoms with Crippen LogP contribution in [0.25, 0.3) is 5.69 Å². The lowest BCUT2D eigenvalue weighted by molar-refractivity contribution is -0.149. The maximum atomic E-state index is 15.1. The van der Waals surface area contributed by atoms with E-state index in [1.807, 2.05) is 26.0 Å². The first-order valence-corrected chi connectivity index (χ1v) is 13.4. The van der Waals surface area contributed by atoms with Crippen LogP contribution in [-0.2, 0) is 9.53 Å². The molecule has 1 aliphatic rings. The molecule has 3 atom stereocenters. The Hall–Kier alpha value is -3.62. The molecule has 1 aliphatic carbocycles. The number of hydrogen-bond acceptors (Lipinski definition) is 5. The van der Waals surface area contributed by atoms with Gasteiger partial charge in [0.05, 0.1) is 23.9 Å². The van der Waals surface area contributed by atoms with E-state index in [-0.39, 0.29) is 34.8 Å². The number of aryl methyl sites for hydroxylation is 3. The van der Waals surface area contributed by atoms with Gasteiger partial charge in [-0.15, -0.1) is 0 Å². The highest BCUT2D eigenvalue weighted by molar-refractivity contribution is 5.72. The molecule has 0 amide bonds. The van der Waals surface area contributed by atoms with E-state index in [1.165, 1.54) is 10.7 Å². The van der Waals surface area contributed by atoms with E-state index >= 15 is 8.78 Å². The Kier molecular flexibility index (Phi) is 8.18. The summed E-state index contributed by atoms with van der Waals surface area (Å²) in [5, 5.41) is 17.0. The van der Waals surface area contributed by atoms with Crippen molar-refractivity contribution in [1.82, 2.24) is 9.78 Å². The summed E-state index contributed by atoms with van der Waals surface area (Å²) in [7, 11) is 0. The summed E-state index contributed by atoms with van der Waals surface area (Å²) in [5.41, 5.74) is 3.08. The average Bonchev–Trinajstić information content (AvgIpc) is 3.17. The normalized spacial score (nSPS) is 18.5. The number of benzene rings is 2. The molecular formula is C30H37F2N3O4. The van der Waals surface area contributed by atoms with Crippen LogP contribution in [0.1, 0.15) is 79.4 Å². The Morgan fingerprint density at radius 1 is 1.21 bits per heavy atom. The molecule has 1 fully saturated rings. The van der Waals surface area contributed by atoms with Crippen molar-refractivity contribution in [3.63, 3.8) is 0 Å². The molecular weight excluding hydrogens is 504 g/mol. The van der Waals surface area contributed by atoms with Crippen molar-refractivity contribution >= 4 is 11.7 Å². The molecule has 9 heteroatoms. The molecule has 210 valence electrons. The number of carbonyl (C=O) groups excluding carboxylic acids is 1. The Morgan fingerprint density at radius 2 is 1.95 bits per heavy atom. The van der Waals surface area contributed by atoms with E-state index < -0.39 is 17.5 Å². The van der Waals surface area contributed by atoms with Gasteiger partial charge in [0.15, 0.2) is 0 Å². The quantitative estimate of drug-likeness (QED) is 0.285. The highest BCUT2D eigenvalue weighted by atomic mass is 19.3. The number of esters is 1. The molecule has 3 aromatic rings. The van der Waals surface area contributed by atoms with Gasteiger partial charge in [-0.25, -0.2) is 13.5 Å². The second-order valence-electron chi connectivity index (χ2n) is 10.7. The maximum absolute atomic E-state index is 15.1. The van der Waals surface area contributed by atoms with Crippen molar-refractivity contribution in [2.45, 2.75) is 78.2 Å². The zero-order valence-electron chi connectivity index (χ0n) is 23.1. The molecule has 3 N–H and O–H groups in total. The van der Waals surface area contributed by atoms with E-state index in [0.717, 1.165) is 30.9 Å². The molecule has 0 aliphatic heterocycles. The molecule has 0 spiro atoms. The van der Waals surface area contributed by atoms with Gasteiger partial charge in [-0.2, -0.15) is 0 Å². The summed E-state index contributed by atoms with van der Waals surface area (Å²) in [6, 6.07) is 8.67. The fourth-order valence-corrected chi connectivity index (χ4v) is 5.47. The van der Waals surface area contributed by atoms with Crippen molar-refractivity contribution in [2.75, 3.05) is 11.9 Å². The Morgan fingerprint density at radius 3 is 2.62 bits per heavy atom. The lowest BCUT2D eigenvalue weighted by Gasteiger charge is -2.31. The van der Waals surface area contributed by atoms with Gasteiger partial charge in [0, 0.05) is 12.5 Å². The second kappa shape index (κ2) is 11.2. The van der Waals surface area contributed by atoms with Crippen molar-refractivity contribution in [2.24, 2.45) is 5.92 Å². The summed E-state index contributed by atoms with van der Waals surface area (Å²) in [6.07, 6.45) is 2.68. The number of aromatic nitrogens is 2. The van der Waals surface area contributed by atoms with Gasteiger partial charge < -0.3 is 15.2 Å². The fourth-order valence-electron chi connectivity index (χ4n) is 5.47. The molecule has 0 radical (unpaired) electrons. The smallest absolute Gasteiger partial charge is 0.308 e. The monoisotopic (exact) mass is 541 g/mol. The SMILES string of the molecule is CCOC(=O)C1CCCC(c2cccc(C(Nc3c(C)[nH]n(-c4ccc(C)c(C)c4)c3=O)C(C)(F)F)c2O)C1. The molecule has 1 saturated carbocycles. The minimum atomic E-state index is -3.32. The Balaban J connectivity index is 1.68. The number of H-pyrrole nitrogens is 1. The number of hydrogen-bond donors (Lipinski definition) is 3. The van der Waals surface area contributed by atoms with Crippen LogP contribution in [-0.4, -0.2) is 33.4 Å². The number of alkyl halides is 2. The van der Waals surface area contributed by atoms with Gasteiger partial charge >= 0.3 is 5.97 Å². The third-order valence-electron chi connectivity index (χ3n) is 7.76. The number of anilines is 1. The standard InChI is InChI=1S/C30H37F2N3O4/c1-6-39-29(38)21-10-7-9-20(16-21)23-11-8-12-24(26(23)36)27(30(5,31)32)33-25-19(4)34-35(28(25)37)22-14-13-17(2)18(3)15-22/h8,11-15,20-21,27,33-34,36H,6-7,9-10,16H2,1-5H3. The van der Waals surface area contributed by atoms with Crippen LogP contribution in [0.3, 0.4) is 0 Å². The maximum Gasteiger partial charge on any atom is 0.308 e. The highest BCUT2D eigenvalue weighted by Crippen LogP contribution is 2.45. The molecule has 3 unspecified atom stereocenters. The molecule has 1 aromatic heterocycles. The summed E-state index contributed by atoms with van der Waals surface area (Å²) >= 11 is 0. The van der Waals surface area contributed by atoms with Crippen LogP contribution in [0.4, 0.5) is 14.5 Å². The highest BCUT2D eigenvalue weighted by Gasteiger charge is 2.40. The first-order chi connectivity index (χ1) is 18.4. The van der Waals surface area contributed by atoms with Crippen LogP contribution in [0.15, 0.2) is 41.2 Å². The van der Waals surface area contributed by atoms with Crippen molar-refractivity contribution in [3.05, 3.63) is 74.7 Å². The molecule has 2 aromatic carbocycles. The molecule has 39 heavy (non-hydrogen) atoms. The Bertz CT molecular complexity index is 1410. The summed E-state index contributed by atoms with van der Waals surface area (Å²) in [5.74, 6) is -4.29. The van der Waals surface area contributed by atoms with Gasteiger partial charge in [-0.3, -0.25) is 14.7 Å². The van der Waals surface area contributed by atoms with Gasteiger partial charge in [0.25, 0.3) is 11.5 Å².